The SMILES string of the molecule is O=C(O)CN1CNCSC1. The van der Waals surface area contributed by atoms with Crippen molar-refractivity contribution in [2.45, 2.75) is 0 Å². The lowest BCUT2D eigenvalue weighted by Crippen LogP contribution is -2.41. The summed E-state index contributed by atoms with van der Waals surface area (Å²) in [6.07, 6.45) is 0. The van der Waals surface area contributed by atoms with Crippen LogP contribution < -0.4 is 5.32 Å². The molecule has 0 spiro atoms. The maximum absolute atomic E-state index is 10.2. The van der Waals surface area contributed by atoms with E-state index in [2.05, 4.69) is 5.32 Å². The number of hydrogen-bond donors (Lipinski definition) is 2. The summed E-state index contributed by atoms with van der Waals surface area (Å²) >= 11 is 1.70. The molecule has 5 heteroatoms. The van der Waals surface area contributed by atoms with Gasteiger partial charge in [-0.1, -0.05) is 0 Å². The molecular formula is C5H10N2O2S. The van der Waals surface area contributed by atoms with Gasteiger partial charge in [0.2, 0.25) is 0 Å². The molecule has 1 saturated heterocycles. The molecule has 58 valence electrons. The molecule has 0 aromatic carbocycles. The van der Waals surface area contributed by atoms with Gasteiger partial charge in [-0.15, -0.1) is 11.8 Å². The Kier molecular flexibility index (Phi) is 2.98. The maximum atomic E-state index is 10.2. The molecule has 0 saturated carbocycles. The first kappa shape index (κ1) is 7.84. The van der Waals surface area contributed by atoms with Crippen LogP contribution in [0.1, 0.15) is 0 Å². The summed E-state index contributed by atoms with van der Waals surface area (Å²) in [7, 11) is 0. The Balaban J connectivity index is 2.19. The first-order valence-electron chi connectivity index (χ1n) is 3.01. The van der Waals surface area contributed by atoms with Crippen molar-refractivity contribution in [1.29, 1.82) is 0 Å². The van der Waals surface area contributed by atoms with Gasteiger partial charge in [0, 0.05) is 11.8 Å². The van der Waals surface area contributed by atoms with Gasteiger partial charge < -0.3 is 5.11 Å². The largest absolute Gasteiger partial charge is 0.480 e. The lowest BCUT2D eigenvalue weighted by molar-refractivity contribution is -0.138. The summed E-state index contributed by atoms with van der Waals surface area (Å²) in [5.41, 5.74) is 0. The van der Waals surface area contributed by atoms with E-state index >= 15 is 0 Å². The van der Waals surface area contributed by atoms with Gasteiger partial charge in [0.15, 0.2) is 0 Å². The molecular weight excluding hydrogens is 152 g/mol. The quantitative estimate of drug-likeness (QED) is 0.577. The summed E-state index contributed by atoms with van der Waals surface area (Å²) in [6.45, 7) is 0.833. The Morgan fingerprint density at radius 2 is 2.60 bits per heavy atom. The summed E-state index contributed by atoms with van der Waals surface area (Å²) < 4.78 is 0. The second-order valence-corrected chi connectivity index (χ2v) is 3.06. The summed E-state index contributed by atoms with van der Waals surface area (Å²) in [4.78, 5) is 12.0. The molecule has 1 rings (SSSR count). The van der Waals surface area contributed by atoms with E-state index in [4.69, 9.17) is 5.11 Å². The minimum atomic E-state index is -0.760. The number of nitrogens with zero attached hydrogens (tertiary/aromatic N) is 1. The number of carbonyl (C=O) groups is 1. The van der Waals surface area contributed by atoms with E-state index in [1.807, 2.05) is 4.90 Å². The van der Waals surface area contributed by atoms with Crippen LogP contribution in [-0.2, 0) is 4.79 Å². The fourth-order valence-corrected chi connectivity index (χ4v) is 1.56. The average molecular weight is 162 g/mol. The number of thioether (sulfide) groups is 1. The number of aliphatic carboxylic acids is 1. The Morgan fingerprint density at radius 3 is 3.10 bits per heavy atom. The molecule has 2 N–H and O–H groups in total. The molecule has 10 heavy (non-hydrogen) atoms. The molecule has 0 amide bonds. The van der Waals surface area contributed by atoms with Crippen molar-refractivity contribution in [2.75, 3.05) is 25.0 Å². The fraction of sp³-hybridized carbons (Fsp3) is 0.800. The molecule has 0 aliphatic carbocycles. The van der Waals surface area contributed by atoms with Crippen LogP contribution in [-0.4, -0.2) is 40.9 Å². The smallest absolute Gasteiger partial charge is 0.317 e. The van der Waals surface area contributed by atoms with Crippen LogP contribution in [0.5, 0.6) is 0 Å². The number of rotatable bonds is 2. The highest BCUT2D eigenvalue weighted by atomic mass is 32.2. The second-order valence-electron chi connectivity index (χ2n) is 2.11. The summed E-state index contributed by atoms with van der Waals surface area (Å²) in [6, 6.07) is 0. The van der Waals surface area contributed by atoms with Gasteiger partial charge >= 0.3 is 5.97 Å². The number of hydrogen-bond acceptors (Lipinski definition) is 4. The highest BCUT2D eigenvalue weighted by Crippen LogP contribution is 2.05. The van der Waals surface area contributed by atoms with Gasteiger partial charge in [-0.2, -0.15) is 0 Å². The van der Waals surface area contributed by atoms with Crippen molar-refractivity contribution in [2.24, 2.45) is 0 Å². The fourth-order valence-electron chi connectivity index (χ4n) is 0.789. The van der Waals surface area contributed by atoms with Crippen molar-refractivity contribution < 1.29 is 9.90 Å². The Labute approximate surface area is 63.6 Å². The van der Waals surface area contributed by atoms with E-state index in [0.717, 1.165) is 11.8 Å². The molecule has 1 fully saturated rings. The third-order valence-electron chi connectivity index (χ3n) is 1.17. The van der Waals surface area contributed by atoms with Crippen molar-refractivity contribution in [3.05, 3.63) is 0 Å². The summed E-state index contributed by atoms with van der Waals surface area (Å²) in [5, 5.41) is 11.5. The molecule has 0 aromatic heterocycles. The highest BCUT2D eigenvalue weighted by molar-refractivity contribution is 7.99. The monoisotopic (exact) mass is 162 g/mol. The molecule has 1 aliphatic rings. The molecule has 0 bridgehead atoms. The van der Waals surface area contributed by atoms with Gasteiger partial charge in [-0.05, 0) is 0 Å². The van der Waals surface area contributed by atoms with Crippen molar-refractivity contribution in [3.8, 4) is 0 Å². The third kappa shape index (κ3) is 2.55. The number of carboxylic acid groups (broad SMARTS) is 1. The standard InChI is InChI=1S/C5H10N2O2S/c8-5(9)1-7-2-6-3-10-4-7/h6H,1-4H2,(H,8,9). The number of nitrogens with one attached hydrogen (secondary N) is 1. The van der Waals surface area contributed by atoms with Crippen LogP contribution >= 0.6 is 11.8 Å². The Morgan fingerprint density at radius 1 is 1.80 bits per heavy atom. The van der Waals surface area contributed by atoms with Crippen molar-refractivity contribution in [1.82, 2.24) is 10.2 Å². The molecule has 0 aromatic rings. The van der Waals surface area contributed by atoms with E-state index < -0.39 is 5.97 Å². The van der Waals surface area contributed by atoms with Crippen LogP contribution in [0.25, 0.3) is 0 Å². The highest BCUT2D eigenvalue weighted by Gasteiger charge is 2.11. The van der Waals surface area contributed by atoms with Crippen LogP contribution in [0.2, 0.25) is 0 Å². The van der Waals surface area contributed by atoms with Crippen molar-refractivity contribution in [3.63, 3.8) is 0 Å². The number of carboxylic acids is 1. The van der Waals surface area contributed by atoms with Crippen LogP contribution in [0.15, 0.2) is 0 Å². The van der Waals surface area contributed by atoms with E-state index in [1.54, 1.807) is 11.8 Å². The predicted molar refractivity (Wildman–Crippen MR) is 39.7 cm³/mol. The lowest BCUT2D eigenvalue weighted by atomic mass is 10.6. The van der Waals surface area contributed by atoms with Gasteiger partial charge in [0.1, 0.15) is 0 Å². The van der Waals surface area contributed by atoms with Gasteiger partial charge in [0.05, 0.1) is 13.2 Å². The van der Waals surface area contributed by atoms with E-state index in [0.29, 0.717) is 6.67 Å². The van der Waals surface area contributed by atoms with Gasteiger partial charge in [-0.25, -0.2) is 0 Å². The van der Waals surface area contributed by atoms with Crippen LogP contribution in [0.3, 0.4) is 0 Å². The van der Waals surface area contributed by atoms with Crippen molar-refractivity contribution >= 4 is 17.7 Å². The van der Waals surface area contributed by atoms with E-state index in [-0.39, 0.29) is 6.54 Å². The van der Waals surface area contributed by atoms with Gasteiger partial charge in [0.25, 0.3) is 0 Å². The van der Waals surface area contributed by atoms with Crippen LogP contribution in [0, 0.1) is 0 Å². The molecule has 1 heterocycles. The minimum absolute atomic E-state index is 0.139. The molecule has 0 atom stereocenters. The third-order valence-corrected chi connectivity index (χ3v) is 2.13. The normalized spacial score (nSPS) is 20.8. The molecule has 1 aliphatic heterocycles. The minimum Gasteiger partial charge on any atom is -0.480 e. The first-order valence-corrected chi connectivity index (χ1v) is 4.17. The summed E-state index contributed by atoms with van der Waals surface area (Å²) in [5.74, 6) is 0.986. The van der Waals surface area contributed by atoms with E-state index in [9.17, 15) is 4.79 Å². The van der Waals surface area contributed by atoms with Gasteiger partial charge in [-0.3, -0.25) is 15.0 Å². The zero-order valence-electron chi connectivity index (χ0n) is 5.54. The molecule has 4 nitrogen and oxygen atoms in total. The zero-order chi connectivity index (χ0) is 7.40. The van der Waals surface area contributed by atoms with Crippen LogP contribution in [0.4, 0.5) is 0 Å². The second kappa shape index (κ2) is 3.80. The topological polar surface area (TPSA) is 52.6 Å². The predicted octanol–water partition coefficient (Wildman–Crippen LogP) is -0.418. The zero-order valence-corrected chi connectivity index (χ0v) is 6.36. The molecule has 0 radical (unpaired) electrons. The Bertz CT molecular complexity index is 125. The maximum Gasteiger partial charge on any atom is 0.317 e. The lowest BCUT2D eigenvalue weighted by Gasteiger charge is -2.24. The first-order chi connectivity index (χ1) is 4.79. The molecule has 0 unspecified atom stereocenters. The van der Waals surface area contributed by atoms with E-state index in [1.165, 1.54) is 0 Å². The Hall–Kier alpha value is -0.260. The average Bonchev–Trinajstić information content (AvgIpc) is 1.88.